The molecule has 2 aromatic rings. The Morgan fingerprint density at radius 2 is 1.58 bits per heavy atom. The van der Waals surface area contributed by atoms with E-state index in [1.165, 1.54) is 23.3 Å². The fourth-order valence-electron chi connectivity index (χ4n) is 4.29. The summed E-state index contributed by atoms with van der Waals surface area (Å²) in [6.07, 6.45) is 3.08. The van der Waals surface area contributed by atoms with Crippen molar-refractivity contribution in [3.63, 3.8) is 0 Å². The van der Waals surface area contributed by atoms with E-state index in [0.29, 0.717) is 11.7 Å². The van der Waals surface area contributed by atoms with Crippen molar-refractivity contribution < 1.29 is 18.7 Å². The standard InChI is InChI=1S/C25H31FN2O3/c26-23-5-7-24(8-6-23)31-19-25(29)28-11-9-21(10-12-28)17-20-1-3-22(4-2-20)18-27-13-15-30-16-14-27/h1-8,21H,9-19H2. The summed E-state index contributed by atoms with van der Waals surface area (Å²) >= 11 is 0. The molecule has 0 N–H and O–H groups in total. The quantitative estimate of drug-likeness (QED) is 0.680. The van der Waals surface area contributed by atoms with E-state index in [4.69, 9.17) is 9.47 Å². The second kappa shape index (κ2) is 10.7. The molecular weight excluding hydrogens is 395 g/mol. The molecule has 0 bridgehead atoms. The number of hydrogen-bond donors (Lipinski definition) is 0. The lowest BCUT2D eigenvalue weighted by Crippen LogP contribution is -2.41. The summed E-state index contributed by atoms with van der Waals surface area (Å²) in [5.74, 6) is 0.802. The van der Waals surface area contributed by atoms with Crippen LogP contribution in [0.2, 0.25) is 0 Å². The van der Waals surface area contributed by atoms with Crippen LogP contribution in [0, 0.1) is 11.7 Å². The van der Waals surface area contributed by atoms with Crippen LogP contribution in [0.5, 0.6) is 5.75 Å². The van der Waals surface area contributed by atoms with Crippen LogP contribution in [0.25, 0.3) is 0 Å². The summed E-state index contributed by atoms with van der Waals surface area (Å²) in [6.45, 7) is 6.21. The van der Waals surface area contributed by atoms with Gasteiger partial charge in [-0.05, 0) is 60.6 Å². The van der Waals surface area contributed by atoms with E-state index in [2.05, 4.69) is 29.2 Å². The highest BCUT2D eigenvalue weighted by molar-refractivity contribution is 5.77. The molecule has 5 nitrogen and oxygen atoms in total. The Bertz CT molecular complexity index is 827. The maximum atomic E-state index is 12.9. The highest BCUT2D eigenvalue weighted by Gasteiger charge is 2.23. The average Bonchev–Trinajstić information content (AvgIpc) is 2.81. The second-order valence-electron chi connectivity index (χ2n) is 8.48. The normalized spacial score (nSPS) is 18.2. The summed E-state index contributed by atoms with van der Waals surface area (Å²) in [7, 11) is 0. The van der Waals surface area contributed by atoms with Gasteiger partial charge in [0.15, 0.2) is 6.61 Å². The Morgan fingerprint density at radius 1 is 0.935 bits per heavy atom. The van der Waals surface area contributed by atoms with Crippen molar-refractivity contribution in [3.05, 3.63) is 65.5 Å². The summed E-state index contributed by atoms with van der Waals surface area (Å²) < 4.78 is 23.9. The summed E-state index contributed by atoms with van der Waals surface area (Å²) in [6, 6.07) is 14.8. The number of benzene rings is 2. The van der Waals surface area contributed by atoms with Gasteiger partial charge >= 0.3 is 0 Å². The highest BCUT2D eigenvalue weighted by Crippen LogP contribution is 2.22. The van der Waals surface area contributed by atoms with Crippen molar-refractivity contribution in [2.75, 3.05) is 46.0 Å². The lowest BCUT2D eigenvalue weighted by Gasteiger charge is -2.32. The Kier molecular flexibility index (Phi) is 7.54. The first-order valence-corrected chi connectivity index (χ1v) is 11.2. The zero-order valence-electron chi connectivity index (χ0n) is 18.0. The lowest BCUT2D eigenvalue weighted by atomic mass is 9.90. The van der Waals surface area contributed by atoms with Crippen molar-refractivity contribution in [1.29, 1.82) is 0 Å². The van der Waals surface area contributed by atoms with Crippen LogP contribution >= 0.6 is 0 Å². The summed E-state index contributed by atoms with van der Waals surface area (Å²) in [4.78, 5) is 16.7. The molecule has 2 fully saturated rings. The third-order valence-electron chi connectivity index (χ3n) is 6.20. The van der Waals surface area contributed by atoms with Gasteiger partial charge in [0, 0.05) is 32.7 Å². The number of halogens is 1. The Balaban J connectivity index is 1.18. The predicted octanol–water partition coefficient (Wildman–Crippen LogP) is 3.52. The average molecular weight is 427 g/mol. The number of morpholine rings is 1. The molecule has 4 rings (SSSR count). The van der Waals surface area contributed by atoms with Crippen LogP contribution < -0.4 is 4.74 Å². The molecule has 0 spiro atoms. The monoisotopic (exact) mass is 426 g/mol. The molecule has 2 saturated heterocycles. The number of nitrogens with zero attached hydrogens (tertiary/aromatic N) is 2. The number of rotatable bonds is 7. The molecule has 2 heterocycles. The number of likely N-dealkylation sites (tertiary alicyclic amines) is 1. The Morgan fingerprint density at radius 3 is 2.26 bits per heavy atom. The van der Waals surface area contributed by atoms with Crippen LogP contribution in [0.1, 0.15) is 24.0 Å². The minimum atomic E-state index is -0.313. The molecule has 1 amide bonds. The molecule has 2 aromatic carbocycles. The van der Waals surface area contributed by atoms with Gasteiger partial charge in [-0.1, -0.05) is 24.3 Å². The Labute approximate surface area is 183 Å². The minimum absolute atomic E-state index is 0.000897. The van der Waals surface area contributed by atoms with Crippen molar-refractivity contribution in [3.8, 4) is 5.75 Å². The van der Waals surface area contributed by atoms with E-state index >= 15 is 0 Å². The summed E-state index contributed by atoms with van der Waals surface area (Å²) in [5, 5.41) is 0. The van der Waals surface area contributed by atoms with E-state index < -0.39 is 0 Å². The van der Waals surface area contributed by atoms with Gasteiger partial charge in [-0.15, -0.1) is 0 Å². The van der Waals surface area contributed by atoms with Gasteiger partial charge in [0.2, 0.25) is 0 Å². The van der Waals surface area contributed by atoms with E-state index in [0.717, 1.165) is 65.2 Å². The van der Waals surface area contributed by atoms with Gasteiger partial charge in [-0.2, -0.15) is 0 Å². The van der Waals surface area contributed by atoms with Gasteiger partial charge < -0.3 is 14.4 Å². The fraction of sp³-hybridized carbons (Fsp3) is 0.480. The first kappa shape index (κ1) is 21.8. The van der Waals surface area contributed by atoms with E-state index in [9.17, 15) is 9.18 Å². The lowest BCUT2D eigenvalue weighted by molar-refractivity contribution is -0.134. The number of amides is 1. The van der Waals surface area contributed by atoms with Crippen molar-refractivity contribution >= 4 is 5.91 Å². The number of piperidine rings is 1. The van der Waals surface area contributed by atoms with Gasteiger partial charge in [-0.3, -0.25) is 9.69 Å². The number of carbonyl (C=O) groups excluding carboxylic acids is 1. The van der Waals surface area contributed by atoms with Gasteiger partial charge in [0.1, 0.15) is 11.6 Å². The summed E-state index contributed by atoms with van der Waals surface area (Å²) in [5.41, 5.74) is 2.72. The molecule has 166 valence electrons. The molecule has 0 unspecified atom stereocenters. The fourth-order valence-corrected chi connectivity index (χ4v) is 4.29. The van der Waals surface area contributed by atoms with Crippen molar-refractivity contribution in [2.45, 2.75) is 25.8 Å². The molecule has 0 radical (unpaired) electrons. The van der Waals surface area contributed by atoms with Crippen LogP contribution in [0.15, 0.2) is 48.5 Å². The minimum Gasteiger partial charge on any atom is -0.484 e. The molecule has 0 saturated carbocycles. The topological polar surface area (TPSA) is 42.0 Å². The third kappa shape index (κ3) is 6.52. The van der Waals surface area contributed by atoms with Crippen LogP contribution in [0.3, 0.4) is 0 Å². The van der Waals surface area contributed by atoms with Crippen molar-refractivity contribution in [1.82, 2.24) is 9.80 Å². The van der Waals surface area contributed by atoms with Crippen LogP contribution in [-0.2, 0) is 22.5 Å². The van der Waals surface area contributed by atoms with E-state index in [-0.39, 0.29) is 18.3 Å². The maximum Gasteiger partial charge on any atom is 0.260 e. The molecular formula is C25H31FN2O3. The smallest absolute Gasteiger partial charge is 0.260 e. The van der Waals surface area contributed by atoms with Crippen LogP contribution in [0.4, 0.5) is 4.39 Å². The largest absolute Gasteiger partial charge is 0.484 e. The number of carbonyl (C=O) groups is 1. The number of ether oxygens (including phenoxy) is 2. The maximum absolute atomic E-state index is 12.9. The molecule has 0 aliphatic carbocycles. The van der Waals surface area contributed by atoms with Crippen molar-refractivity contribution in [2.24, 2.45) is 5.92 Å². The highest BCUT2D eigenvalue weighted by atomic mass is 19.1. The molecule has 31 heavy (non-hydrogen) atoms. The zero-order valence-corrected chi connectivity index (χ0v) is 18.0. The molecule has 2 aliphatic rings. The number of hydrogen-bond acceptors (Lipinski definition) is 4. The molecule has 0 atom stereocenters. The van der Waals surface area contributed by atoms with Gasteiger partial charge in [0.05, 0.1) is 13.2 Å². The Hall–Kier alpha value is -2.44. The zero-order chi connectivity index (χ0) is 21.5. The first-order chi connectivity index (χ1) is 15.2. The van der Waals surface area contributed by atoms with Gasteiger partial charge in [0.25, 0.3) is 5.91 Å². The van der Waals surface area contributed by atoms with Gasteiger partial charge in [-0.25, -0.2) is 4.39 Å². The predicted molar refractivity (Wildman–Crippen MR) is 117 cm³/mol. The molecule has 2 aliphatic heterocycles. The second-order valence-corrected chi connectivity index (χ2v) is 8.48. The van der Waals surface area contributed by atoms with E-state index in [1.807, 2.05) is 4.90 Å². The molecule has 6 heteroatoms. The molecule has 0 aromatic heterocycles. The third-order valence-corrected chi connectivity index (χ3v) is 6.20. The SMILES string of the molecule is O=C(COc1ccc(F)cc1)N1CCC(Cc2ccc(CN3CCOCC3)cc2)CC1. The first-order valence-electron chi connectivity index (χ1n) is 11.2. The van der Waals surface area contributed by atoms with Crippen LogP contribution in [-0.4, -0.2) is 61.7 Å². The van der Waals surface area contributed by atoms with E-state index in [1.54, 1.807) is 12.1 Å².